The molecule has 0 aromatic rings. The minimum Gasteiger partial charge on any atom is -0.329 e. The number of likely N-dealkylation sites (N-methyl/N-ethyl adjacent to an activating group) is 2. The van der Waals surface area contributed by atoms with Crippen LogP contribution in [0.25, 0.3) is 0 Å². The fraction of sp³-hybridized carbons (Fsp3) is 1.00. The summed E-state index contributed by atoms with van der Waals surface area (Å²) in [4.78, 5) is 4.88. The Bertz CT molecular complexity index is 125. The predicted molar refractivity (Wildman–Crippen MR) is 52.2 cm³/mol. The molecular weight excluding hydrogens is 150 g/mol. The van der Waals surface area contributed by atoms with Gasteiger partial charge in [0.25, 0.3) is 0 Å². The van der Waals surface area contributed by atoms with Gasteiger partial charge in [0.2, 0.25) is 0 Å². The van der Waals surface area contributed by atoms with E-state index in [4.69, 9.17) is 5.73 Å². The van der Waals surface area contributed by atoms with Gasteiger partial charge in [0.1, 0.15) is 0 Å². The molecule has 0 saturated carbocycles. The summed E-state index contributed by atoms with van der Waals surface area (Å²) in [5.41, 5.74) is 5.55. The molecule has 0 aromatic carbocycles. The maximum atomic E-state index is 5.55. The standard InChI is InChI=1S/C9H21N3/c1-3-12(7-5-10)9-4-6-11(2)8-9/h9H,3-8,10H2,1-2H3/t9-/m0/s1. The van der Waals surface area contributed by atoms with Crippen molar-refractivity contribution in [3.8, 4) is 0 Å². The van der Waals surface area contributed by atoms with Gasteiger partial charge < -0.3 is 10.6 Å². The summed E-state index contributed by atoms with van der Waals surface area (Å²) in [5.74, 6) is 0. The van der Waals surface area contributed by atoms with Crippen LogP contribution in [0.4, 0.5) is 0 Å². The van der Waals surface area contributed by atoms with Crippen molar-refractivity contribution >= 4 is 0 Å². The van der Waals surface area contributed by atoms with Gasteiger partial charge in [0.15, 0.2) is 0 Å². The van der Waals surface area contributed by atoms with Gasteiger partial charge in [-0.3, -0.25) is 4.90 Å². The number of likely N-dealkylation sites (tertiary alicyclic amines) is 1. The van der Waals surface area contributed by atoms with Gasteiger partial charge in [-0.1, -0.05) is 6.92 Å². The predicted octanol–water partition coefficient (Wildman–Crippen LogP) is -0.0289. The van der Waals surface area contributed by atoms with Crippen molar-refractivity contribution in [2.45, 2.75) is 19.4 Å². The fourth-order valence-electron chi connectivity index (χ4n) is 1.97. The molecule has 3 heteroatoms. The van der Waals surface area contributed by atoms with Crippen molar-refractivity contribution < 1.29 is 0 Å². The molecule has 1 aliphatic rings. The number of hydrogen-bond donors (Lipinski definition) is 1. The van der Waals surface area contributed by atoms with Gasteiger partial charge in [0.05, 0.1) is 0 Å². The van der Waals surface area contributed by atoms with Crippen molar-refractivity contribution in [3.05, 3.63) is 0 Å². The van der Waals surface area contributed by atoms with Crippen LogP contribution in [0.3, 0.4) is 0 Å². The Morgan fingerprint density at radius 1 is 1.58 bits per heavy atom. The molecule has 3 nitrogen and oxygen atoms in total. The van der Waals surface area contributed by atoms with Crippen LogP contribution < -0.4 is 5.73 Å². The summed E-state index contributed by atoms with van der Waals surface area (Å²) in [7, 11) is 2.19. The van der Waals surface area contributed by atoms with Crippen molar-refractivity contribution in [3.63, 3.8) is 0 Å². The van der Waals surface area contributed by atoms with Crippen LogP contribution in [-0.4, -0.2) is 55.6 Å². The summed E-state index contributed by atoms with van der Waals surface area (Å²) in [6, 6.07) is 0.753. The van der Waals surface area contributed by atoms with Crippen molar-refractivity contribution in [2.24, 2.45) is 5.73 Å². The SMILES string of the molecule is CCN(CCN)[C@H]1CCN(C)C1. The van der Waals surface area contributed by atoms with Gasteiger partial charge in [0, 0.05) is 25.7 Å². The molecule has 0 amide bonds. The molecule has 0 aliphatic carbocycles. The summed E-state index contributed by atoms with van der Waals surface area (Å²) in [5, 5.41) is 0. The third kappa shape index (κ3) is 2.44. The molecule has 1 rings (SSSR count). The first-order valence-corrected chi connectivity index (χ1v) is 4.90. The highest BCUT2D eigenvalue weighted by molar-refractivity contribution is 4.81. The van der Waals surface area contributed by atoms with Gasteiger partial charge in [-0.05, 0) is 26.6 Å². The van der Waals surface area contributed by atoms with E-state index in [1.807, 2.05) is 0 Å². The summed E-state index contributed by atoms with van der Waals surface area (Å²) < 4.78 is 0. The third-order valence-electron chi connectivity index (χ3n) is 2.71. The molecule has 1 fully saturated rings. The van der Waals surface area contributed by atoms with E-state index in [1.165, 1.54) is 19.5 Å². The Balaban J connectivity index is 2.33. The quantitative estimate of drug-likeness (QED) is 0.645. The summed E-state index contributed by atoms with van der Waals surface area (Å²) >= 11 is 0. The van der Waals surface area contributed by atoms with E-state index in [2.05, 4.69) is 23.8 Å². The highest BCUT2D eigenvalue weighted by atomic mass is 15.2. The monoisotopic (exact) mass is 171 g/mol. The molecule has 0 spiro atoms. The zero-order chi connectivity index (χ0) is 8.97. The molecule has 72 valence electrons. The van der Waals surface area contributed by atoms with E-state index in [-0.39, 0.29) is 0 Å². The number of nitrogens with zero attached hydrogens (tertiary/aromatic N) is 2. The van der Waals surface area contributed by atoms with Gasteiger partial charge in [-0.2, -0.15) is 0 Å². The average Bonchev–Trinajstić information content (AvgIpc) is 2.47. The molecule has 0 bridgehead atoms. The smallest absolute Gasteiger partial charge is 0.0235 e. The average molecular weight is 171 g/mol. The molecule has 1 heterocycles. The first-order valence-electron chi connectivity index (χ1n) is 4.90. The fourth-order valence-corrected chi connectivity index (χ4v) is 1.97. The zero-order valence-corrected chi connectivity index (χ0v) is 8.29. The van der Waals surface area contributed by atoms with Crippen molar-refractivity contribution in [2.75, 3.05) is 39.8 Å². The lowest BCUT2D eigenvalue weighted by Gasteiger charge is -2.26. The number of rotatable bonds is 4. The largest absolute Gasteiger partial charge is 0.329 e. The molecule has 12 heavy (non-hydrogen) atoms. The second-order valence-corrected chi connectivity index (χ2v) is 3.62. The van der Waals surface area contributed by atoms with Crippen molar-refractivity contribution in [1.82, 2.24) is 9.80 Å². The van der Waals surface area contributed by atoms with E-state index in [0.717, 1.165) is 25.7 Å². The highest BCUT2D eigenvalue weighted by Crippen LogP contribution is 2.12. The first kappa shape index (κ1) is 9.96. The Morgan fingerprint density at radius 3 is 2.75 bits per heavy atom. The molecule has 0 radical (unpaired) electrons. The van der Waals surface area contributed by atoms with Crippen LogP contribution in [-0.2, 0) is 0 Å². The molecule has 0 aromatic heterocycles. The number of hydrogen-bond acceptors (Lipinski definition) is 3. The topological polar surface area (TPSA) is 32.5 Å². The third-order valence-corrected chi connectivity index (χ3v) is 2.71. The lowest BCUT2D eigenvalue weighted by molar-refractivity contribution is 0.213. The van der Waals surface area contributed by atoms with E-state index in [1.54, 1.807) is 0 Å². The van der Waals surface area contributed by atoms with Crippen LogP contribution in [0.15, 0.2) is 0 Å². The Labute approximate surface area is 75.5 Å². The molecule has 2 N–H and O–H groups in total. The van der Waals surface area contributed by atoms with Crippen LogP contribution in [0.1, 0.15) is 13.3 Å². The summed E-state index contributed by atoms with van der Waals surface area (Å²) in [6.07, 6.45) is 1.31. The minimum absolute atomic E-state index is 0.753. The van der Waals surface area contributed by atoms with Crippen LogP contribution >= 0.6 is 0 Å². The lowest BCUT2D eigenvalue weighted by Crippen LogP contribution is -2.40. The van der Waals surface area contributed by atoms with E-state index >= 15 is 0 Å². The second kappa shape index (κ2) is 4.80. The van der Waals surface area contributed by atoms with Gasteiger partial charge in [-0.25, -0.2) is 0 Å². The van der Waals surface area contributed by atoms with E-state index in [0.29, 0.717) is 0 Å². The molecule has 1 aliphatic heterocycles. The van der Waals surface area contributed by atoms with E-state index in [9.17, 15) is 0 Å². The molecule has 1 saturated heterocycles. The zero-order valence-electron chi connectivity index (χ0n) is 8.29. The second-order valence-electron chi connectivity index (χ2n) is 3.62. The van der Waals surface area contributed by atoms with Gasteiger partial charge in [-0.15, -0.1) is 0 Å². The Morgan fingerprint density at radius 2 is 2.33 bits per heavy atom. The first-order chi connectivity index (χ1) is 5.77. The van der Waals surface area contributed by atoms with Crippen LogP contribution in [0.5, 0.6) is 0 Å². The maximum Gasteiger partial charge on any atom is 0.0235 e. The molecule has 1 atom stereocenters. The van der Waals surface area contributed by atoms with Gasteiger partial charge >= 0.3 is 0 Å². The summed E-state index contributed by atoms with van der Waals surface area (Å²) in [6.45, 7) is 7.65. The Hall–Kier alpha value is -0.120. The normalized spacial score (nSPS) is 25.5. The minimum atomic E-state index is 0.753. The molecule has 0 unspecified atom stereocenters. The number of nitrogens with two attached hydrogens (primary N) is 1. The van der Waals surface area contributed by atoms with Crippen LogP contribution in [0.2, 0.25) is 0 Å². The lowest BCUT2D eigenvalue weighted by atomic mass is 10.2. The van der Waals surface area contributed by atoms with Crippen LogP contribution in [0, 0.1) is 0 Å². The molecular formula is C9H21N3. The van der Waals surface area contributed by atoms with E-state index < -0.39 is 0 Å². The maximum absolute atomic E-state index is 5.55. The Kier molecular flexibility index (Phi) is 3.98. The highest BCUT2D eigenvalue weighted by Gasteiger charge is 2.23. The van der Waals surface area contributed by atoms with Crippen molar-refractivity contribution in [1.29, 1.82) is 0 Å².